The first-order chi connectivity index (χ1) is 11.6. The number of nitrogens with zero attached hydrogens (tertiary/aromatic N) is 5. The molecule has 3 heterocycles. The van der Waals surface area contributed by atoms with Crippen LogP contribution in [-0.4, -0.2) is 76.0 Å². The monoisotopic (exact) mass is 336 g/mol. The summed E-state index contributed by atoms with van der Waals surface area (Å²) in [4.78, 5) is 16.6. The number of hydrogen-bond donors (Lipinski definition) is 1. The van der Waals surface area contributed by atoms with Crippen LogP contribution < -0.4 is 5.32 Å². The van der Waals surface area contributed by atoms with Crippen LogP contribution in [0, 0.1) is 0 Å². The molecule has 0 bridgehead atoms. The molecule has 24 heavy (non-hydrogen) atoms. The summed E-state index contributed by atoms with van der Waals surface area (Å²) in [6.45, 7) is 4.34. The van der Waals surface area contributed by atoms with E-state index < -0.39 is 0 Å². The van der Waals surface area contributed by atoms with Crippen molar-refractivity contribution in [2.45, 2.75) is 44.3 Å². The molecular formula is C16H28N6O2. The first kappa shape index (κ1) is 17.2. The van der Waals surface area contributed by atoms with Crippen LogP contribution in [-0.2, 0) is 18.3 Å². The van der Waals surface area contributed by atoms with Gasteiger partial charge in [-0.3, -0.25) is 0 Å². The Labute approximate surface area is 143 Å². The van der Waals surface area contributed by atoms with Gasteiger partial charge in [0.05, 0.1) is 6.54 Å². The number of nitrogens with one attached hydrogen (secondary N) is 1. The highest BCUT2D eigenvalue weighted by Gasteiger charge is 2.27. The largest absolute Gasteiger partial charge is 0.381 e. The van der Waals surface area contributed by atoms with Crippen molar-refractivity contribution in [2.24, 2.45) is 7.05 Å². The van der Waals surface area contributed by atoms with Gasteiger partial charge in [0, 0.05) is 52.5 Å². The van der Waals surface area contributed by atoms with Crippen molar-refractivity contribution in [3.8, 4) is 0 Å². The van der Waals surface area contributed by atoms with Crippen LogP contribution in [0.5, 0.6) is 0 Å². The highest BCUT2D eigenvalue weighted by Crippen LogP contribution is 2.20. The van der Waals surface area contributed by atoms with Gasteiger partial charge in [-0.2, -0.15) is 0 Å². The minimum atomic E-state index is -0.0393. The molecule has 0 atom stereocenters. The number of ether oxygens (including phenoxy) is 1. The van der Waals surface area contributed by atoms with E-state index in [1.807, 2.05) is 11.6 Å². The number of hydrogen-bond acceptors (Lipinski definition) is 5. The lowest BCUT2D eigenvalue weighted by atomic mass is 10.00. The topological polar surface area (TPSA) is 75.5 Å². The third-order valence-corrected chi connectivity index (χ3v) is 5.09. The van der Waals surface area contributed by atoms with Crippen molar-refractivity contribution in [3.05, 3.63) is 12.2 Å². The number of piperidine rings is 1. The average Bonchev–Trinajstić information content (AvgIpc) is 3.01. The van der Waals surface area contributed by atoms with Gasteiger partial charge in [0.2, 0.25) is 0 Å². The van der Waals surface area contributed by atoms with Crippen LogP contribution in [0.4, 0.5) is 4.79 Å². The summed E-state index contributed by atoms with van der Waals surface area (Å²) in [6.07, 6.45) is 5.95. The quantitative estimate of drug-likeness (QED) is 0.871. The molecule has 1 N–H and O–H groups in total. The average molecular weight is 336 g/mol. The Morgan fingerprint density at radius 2 is 2.04 bits per heavy atom. The van der Waals surface area contributed by atoms with Gasteiger partial charge in [-0.1, -0.05) is 0 Å². The molecule has 2 amide bonds. The van der Waals surface area contributed by atoms with Crippen LogP contribution in [0.3, 0.4) is 0 Å². The number of likely N-dealkylation sites (tertiary alicyclic amines) is 1. The van der Waals surface area contributed by atoms with Gasteiger partial charge >= 0.3 is 6.03 Å². The molecule has 0 unspecified atom stereocenters. The summed E-state index contributed by atoms with van der Waals surface area (Å²) in [7, 11) is 3.67. The highest BCUT2D eigenvalue weighted by atomic mass is 16.5. The van der Waals surface area contributed by atoms with Crippen molar-refractivity contribution in [1.82, 2.24) is 29.9 Å². The summed E-state index contributed by atoms with van der Waals surface area (Å²) < 4.78 is 7.27. The van der Waals surface area contributed by atoms with Crippen molar-refractivity contribution in [3.63, 3.8) is 0 Å². The van der Waals surface area contributed by atoms with Crippen molar-refractivity contribution < 1.29 is 9.53 Å². The number of aromatic nitrogens is 3. The SMILES string of the molecule is CN(Cc1nncn1C)C(=O)NC1CCN(C2CCOCC2)CC1. The molecule has 0 radical (unpaired) electrons. The maximum Gasteiger partial charge on any atom is 0.317 e. The Balaban J connectivity index is 1.42. The zero-order valence-electron chi connectivity index (χ0n) is 14.6. The molecule has 134 valence electrons. The molecule has 2 aliphatic heterocycles. The van der Waals surface area contributed by atoms with E-state index in [9.17, 15) is 4.79 Å². The second-order valence-corrected chi connectivity index (χ2v) is 6.82. The molecule has 3 rings (SSSR count). The Kier molecular flexibility index (Phi) is 5.68. The Morgan fingerprint density at radius 1 is 1.33 bits per heavy atom. The van der Waals surface area contributed by atoms with Crippen LogP contribution >= 0.6 is 0 Å². The molecule has 2 fully saturated rings. The minimum absolute atomic E-state index is 0.0393. The third kappa shape index (κ3) is 4.24. The lowest BCUT2D eigenvalue weighted by molar-refractivity contribution is 0.0242. The summed E-state index contributed by atoms with van der Waals surface area (Å²) in [5.41, 5.74) is 0. The van der Waals surface area contributed by atoms with Crippen LogP contribution in [0.2, 0.25) is 0 Å². The van der Waals surface area contributed by atoms with Gasteiger partial charge in [-0.05, 0) is 25.7 Å². The minimum Gasteiger partial charge on any atom is -0.381 e. The fourth-order valence-corrected chi connectivity index (χ4v) is 3.48. The third-order valence-electron chi connectivity index (χ3n) is 5.09. The molecular weight excluding hydrogens is 308 g/mol. The summed E-state index contributed by atoms with van der Waals surface area (Å²) in [5, 5.41) is 11.0. The van der Waals surface area contributed by atoms with Crippen molar-refractivity contribution in [1.29, 1.82) is 0 Å². The molecule has 1 aromatic rings. The van der Waals surface area contributed by atoms with Gasteiger partial charge < -0.3 is 24.4 Å². The first-order valence-corrected chi connectivity index (χ1v) is 8.80. The number of carbonyl (C=O) groups excluding carboxylic acids is 1. The number of aryl methyl sites for hydroxylation is 1. The van der Waals surface area contributed by atoms with Gasteiger partial charge in [0.15, 0.2) is 5.82 Å². The van der Waals surface area contributed by atoms with Crippen LogP contribution in [0.15, 0.2) is 6.33 Å². The maximum absolute atomic E-state index is 12.4. The molecule has 8 heteroatoms. The van der Waals surface area contributed by atoms with E-state index in [2.05, 4.69) is 20.4 Å². The van der Waals surface area contributed by atoms with Gasteiger partial charge in [0.25, 0.3) is 0 Å². The number of carbonyl (C=O) groups is 1. The second-order valence-electron chi connectivity index (χ2n) is 6.82. The summed E-state index contributed by atoms with van der Waals surface area (Å²) in [6, 6.07) is 0.882. The number of urea groups is 1. The fourth-order valence-electron chi connectivity index (χ4n) is 3.48. The molecule has 0 aliphatic carbocycles. The Bertz CT molecular complexity index is 534. The smallest absolute Gasteiger partial charge is 0.317 e. The zero-order chi connectivity index (χ0) is 16.9. The first-order valence-electron chi connectivity index (χ1n) is 8.80. The fraction of sp³-hybridized carbons (Fsp3) is 0.812. The van der Waals surface area contributed by atoms with E-state index >= 15 is 0 Å². The standard InChI is InChI=1S/C16H28N6O2/c1-20(11-15-19-17-12-21(15)2)16(23)18-13-3-7-22(8-4-13)14-5-9-24-10-6-14/h12-14H,3-11H2,1-2H3,(H,18,23). The Hall–Kier alpha value is -1.67. The molecule has 2 saturated heterocycles. The van der Waals surface area contributed by atoms with Crippen LogP contribution in [0.25, 0.3) is 0 Å². The lowest BCUT2D eigenvalue weighted by Gasteiger charge is -2.39. The normalized spacial score (nSPS) is 20.9. The van der Waals surface area contributed by atoms with E-state index in [0.29, 0.717) is 12.6 Å². The van der Waals surface area contributed by atoms with E-state index in [0.717, 1.165) is 57.8 Å². The zero-order valence-corrected chi connectivity index (χ0v) is 14.6. The molecule has 2 aliphatic rings. The predicted octanol–water partition coefficient (Wildman–Crippen LogP) is 0.600. The van der Waals surface area contributed by atoms with Gasteiger partial charge in [-0.15, -0.1) is 10.2 Å². The highest BCUT2D eigenvalue weighted by molar-refractivity contribution is 5.74. The summed E-state index contributed by atoms with van der Waals surface area (Å²) in [5.74, 6) is 0.780. The number of rotatable bonds is 4. The molecule has 0 saturated carbocycles. The van der Waals surface area contributed by atoms with E-state index in [1.165, 1.54) is 0 Å². The van der Waals surface area contributed by atoms with Crippen molar-refractivity contribution >= 4 is 6.03 Å². The molecule has 0 aromatic carbocycles. The molecule has 0 spiro atoms. The second kappa shape index (κ2) is 7.94. The number of amides is 2. The predicted molar refractivity (Wildman–Crippen MR) is 89.4 cm³/mol. The Morgan fingerprint density at radius 3 is 2.67 bits per heavy atom. The molecule has 8 nitrogen and oxygen atoms in total. The maximum atomic E-state index is 12.4. The van der Waals surface area contributed by atoms with Crippen molar-refractivity contribution in [2.75, 3.05) is 33.4 Å². The van der Waals surface area contributed by atoms with Gasteiger partial charge in [-0.25, -0.2) is 4.79 Å². The molecule has 1 aromatic heterocycles. The van der Waals surface area contributed by atoms with E-state index in [4.69, 9.17) is 4.74 Å². The van der Waals surface area contributed by atoms with E-state index in [-0.39, 0.29) is 12.1 Å². The lowest BCUT2D eigenvalue weighted by Crippen LogP contribution is -2.51. The van der Waals surface area contributed by atoms with Crippen LogP contribution in [0.1, 0.15) is 31.5 Å². The summed E-state index contributed by atoms with van der Waals surface area (Å²) >= 11 is 0. The van der Waals surface area contributed by atoms with E-state index in [1.54, 1.807) is 18.3 Å². The van der Waals surface area contributed by atoms with Gasteiger partial charge in [0.1, 0.15) is 6.33 Å².